The smallest absolute Gasteiger partial charge is 0.350 e. The van der Waals surface area contributed by atoms with Crippen LogP contribution in [0.25, 0.3) is 10.4 Å². The van der Waals surface area contributed by atoms with Gasteiger partial charge in [0.2, 0.25) is 0 Å². The van der Waals surface area contributed by atoms with E-state index in [1.165, 1.54) is 0 Å². The van der Waals surface area contributed by atoms with E-state index in [9.17, 15) is 4.79 Å². The van der Waals surface area contributed by atoms with Crippen LogP contribution in [-0.2, 0) is 9.53 Å². The van der Waals surface area contributed by atoms with E-state index in [2.05, 4.69) is 20.1 Å². The zero-order valence-electron chi connectivity index (χ0n) is 9.39. The number of rotatable bonds is 5. The molecule has 0 saturated heterocycles. The van der Waals surface area contributed by atoms with Gasteiger partial charge in [-0.2, -0.15) is 5.26 Å². The molecule has 7 nitrogen and oxygen atoms in total. The number of carbonyl (C=O) groups excluding carboxylic acids is 1. The molecule has 86 valence electrons. The molecule has 0 aromatic carbocycles. The molecule has 0 fully saturated rings. The minimum absolute atomic E-state index is 0.106. The number of azide groups is 1. The van der Waals surface area contributed by atoms with Gasteiger partial charge >= 0.3 is 5.97 Å². The first-order valence-electron chi connectivity index (χ1n) is 4.58. The standard InChI is InChI=1S/C9H13N5O2/c1-6(2)5-12-8(13-14-11)7(4-10)9(15)16-3/h6,12H,5H2,1-3H3/b8-7+. The van der Waals surface area contributed by atoms with Gasteiger partial charge in [-0.05, 0) is 16.6 Å². The average molecular weight is 223 g/mol. The zero-order chi connectivity index (χ0) is 12.6. The number of hydrogen-bond acceptors (Lipinski definition) is 5. The van der Waals surface area contributed by atoms with Gasteiger partial charge < -0.3 is 10.1 Å². The highest BCUT2D eigenvalue weighted by Crippen LogP contribution is 2.05. The van der Waals surface area contributed by atoms with Gasteiger partial charge in [-0.15, -0.1) is 0 Å². The van der Waals surface area contributed by atoms with Crippen molar-refractivity contribution >= 4 is 5.97 Å². The van der Waals surface area contributed by atoms with Gasteiger partial charge in [-0.3, -0.25) is 0 Å². The maximum absolute atomic E-state index is 11.2. The van der Waals surface area contributed by atoms with Crippen molar-refractivity contribution in [2.24, 2.45) is 11.0 Å². The Morgan fingerprint density at radius 2 is 2.31 bits per heavy atom. The number of esters is 1. The number of carbonyl (C=O) groups is 1. The molecule has 16 heavy (non-hydrogen) atoms. The fraction of sp³-hybridized carbons (Fsp3) is 0.556. The van der Waals surface area contributed by atoms with E-state index >= 15 is 0 Å². The number of nitrogens with one attached hydrogen (secondary N) is 1. The molecule has 0 aromatic heterocycles. The molecule has 0 radical (unpaired) electrons. The van der Waals surface area contributed by atoms with Gasteiger partial charge in [0, 0.05) is 11.5 Å². The monoisotopic (exact) mass is 223 g/mol. The molecule has 0 heterocycles. The van der Waals surface area contributed by atoms with Crippen molar-refractivity contribution in [3.63, 3.8) is 0 Å². The summed E-state index contributed by atoms with van der Waals surface area (Å²) in [6.07, 6.45) is 0. The number of hydrogen-bond donors (Lipinski definition) is 1. The maximum Gasteiger partial charge on any atom is 0.350 e. The van der Waals surface area contributed by atoms with E-state index in [0.29, 0.717) is 6.54 Å². The van der Waals surface area contributed by atoms with Crippen molar-refractivity contribution < 1.29 is 9.53 Å². The predicted octanol–water partition coefficient (Wildman–Crippen LogP) is 1.45. The molecule has 0 bridgehead atoms. The Bertz CT molecular complexity index is 374. The van der Waals surface area contributed by atoms with Crippen molar-refractivity contribution in [3.8, 4) is 6.07 Å². The van der Waals surface area contributed by atoms with Gasteiger partial charge in [-0.25, -0.2) is 4.79 Å². The first kappa shape index (κ1) is 13.8. The largest absolute Gasteiger partial charge is 0.465 e. The number of nitrogens with zero attached hydrogens (tertiary/aromatic N) is 4. The Labute approximate surface area is 93.3 Å². The highest BCUT2D eigenvalue weighted by atomic mass is 16.5. The van der Waals surface area contributed by atoms with Crippen LogP contribution in [0.15, 0.2) is 16.5 Å². The highest BCUT2D eigenvalue weighted by molar-refractivity contribution is 5.93. The van der Waals surface area contributed by atoms with Gasteiger partial charge in [0.1, 0.15) is 11.9 Å². The fourth-order valence-corrected chi connectivity index (χ4v) is 0.817. The topological polar surface area (TPSA) is 111 Å². The third-order valence-electron chi connectivity index (χ3n) is 1.56. The molecule has 0 atom stereocenters. The van der Waals surface area contributed by atoms with Crippen LogP contribution in [0.4, 0.5) is 0 Å². The van der Waals surface area contributed by atoms with Crippen molar-refractivity contribution in [1.29, 1.82) is 5.26 Å². The van der Waals surface area contributed by atoms with E-state index in [1.54, 1.807) is 6.07 Å². The fourth-order valence-electron chi connectivity index (χ4n) is 0.817. The maximum atomic E-state index is 11.2. The zero-order valence-corrected chi connectivity index (χ0v) is 9.39. The third kappa shape index (κ3) is 4.35. The molecule has 0 amide bonds. The molecule has 0 aliphatic heterocycles. The quantitative estimate of drug-likeness (QED) is 0.190. The number of nitriles is 1. The molecule has 0 spiro atoms. The minimum Gasteiger partial charge on any atom is -0.465 e. The van der Waals surface area contributed by atoms with Crippen molar-refractivity contribution in [2.75, 3.05) is 13.7 Å². The molecule has 7 heteroatoms. The molecular formula is C9H13N5O2. The van der Waals surface area contributed by atoms with Crippen molar-refractivity contribution in [1.82, 2.24) is 5.32 Å². The summed E-state index contributed by atoms with van der Waals surface area (Å²) in [6, 6.07) is 1.64. The number of ether oxygens (including phenoxy) is 1. The van der Waals surface area contributed by atoms with Crippen LogP contribution >= 0.6 is 0 Å². The van der Waals surface area contributed by atoms with Crippen LogP contribution in [0.1, 0.15) is 13.8 Å². The first-order valence-corrected chi connectivity index (χ1v) is 4.58. The second kappa shape index (κ2) is 7.15. The molecular weight excluding hydrogens is 210 g/mol. The van der Waals surface area contributed by atoms with Crippen LogP contribution in [0.2, 0.25) is 0 Å². The Morgan fingerprint density at radius 3 is 2.69 bits per heavy atom. The Hall–Kier alpha value is -2.19. The molecule has 1 N–H and O–H groups in total. The predicted molar refractivity (Wildman–Crippen MR) is 56.6 cm³/mol. The van der Waals surface area contributed by atoms with Gasteiger partial charge in [0.15, 0.2) is 5.57 Å². The second-order valence-electron chi connectivity index (χ2n) is 3.29. The molecule has 0 unspecified atom stereocenters. The summed E-state index contributed by atoms with van der Waals surface area (Å²) < 4.78 is 4.39. The van der Waals surface area contributed by atoms with Crippen molar-refractivity contribution in [3.05, 3.63) is 21.8 Å². The lowest BCUT2D eigenvalue weighted by Crippen LogP contribution is -2.21. The van der Waals surface area contributed by atoms with E-state index in [1.807, 2.05) is 13.8 Å². The Morgan fingerprint density at radius 1 is 1.69 bits per heavy atom. The second-order valence-corrected chi connectivity index (χ2v) is 3.29. The molecule has 0 aromatic rings. The van der Waals surface area contributed by atoms with E-state index in [0.717, 1.165) is 7.11 Å². The third-order valence-corrected chi connectivity index (χ3v) is 1.56. The SMILES string of the molecule is COC(=O)/C(C#N)=C(/N=[N+]=[N-])NCC(C)C. The summed E-state index contributed by atoms with van der Waals surface area (Å²) in [5.74, 6) is -0.659. The van der Waals surface area contributed by atoms with Gasteiger partial charge in [-0.1, -0.05) is 13.8 Å². The number of methoxy groups -OCH3 is 1. The summed E-state index contributed by atoms with van der Waals surface area (Å²) in [5, 5.41) is 14.7. The Kier molecular flexibility index (Phi) is 6.17. The van der Waals surface area contributed by atoms with Crippen molar-refractivity contribution in [2.45, 2.75) is 13.8 Å². The van der Waals surface area contributed by atoms with Gasteiger partial charge in [0.05, 0.1) is 7.11 Å². The summed E-state index contributed by atoms with van der Waals surface area (Å²) in [4.78, 5) is 13.7. The summed E-state index contributed by atoms with van der Waals surface area (Å²) in [6.45, 7) is 4.35. The lowest BCUT2D eigenvalue weighted by molar-refractivity contribution is -0.135. The van der Waals surface area contributed by atoms with Crippen LogP contribution in [0.5, 0.6) is 0 Å². The Balaban J connectivity index is 5.11. The molecule has 0 saturated carbocycles. The molecule has 0 aliphatic rings. The lowest BCUT2D eigenvalue weighted by atomic mass is 10.2. The van der Waals surface area contributed by atoms with Gasteiger partial charge in [0.25, 0.3) is 0 Å². The van der Waals surface area contributed by atoms with Crippen LogP contribution in [0, 0.1) is 17.2 Å². The van der Waals surface area contributed by atoms with Crippen LogP contribution in [0.3, 0.4) is 0 Å². The summed E-state index contributed by atoms with van der Waals surface area (Å²) >= 11 is 0. The molecule has 0 aliphatic carbocycles. The van der Waals surface area contributed by atoms with E-state index < -0.39 is 5.97 Å². The summed E-state index contributed by atoms with van der Waals surface area (Å²) in [7, 11) is 1.15. The lowest BCUT2D eigenvalue weighted by Gasteiger charge is -2.09. The summed E-state index contributed by atoms with van der Waals surface area (Å²) in [5.41, 5.74) is 7.99. The minimum atomic E-state index is -0.832. The van der Waals surface area contributed by atoms with E-state index in [4.69, 9.17) is 10.8 Å². The molecule has 0 rings (SSSR count). The van der Waals surface area contributed by atoms with E-state index in [-0.39, 0.29) is 17.3 Å². The van der Waals surface area contributed by atoms with Crippen LogP contribution < -0.4 is 5.32 Å². The normalized spacial score (nSPS) is 10.9. The average Bonchev–Trinajstić information content (AvgIpc) is 2.26. The highest BCUT2D eigenvalue weighted by Gasteiger charge is 2.14. The van der Waals surface area contributed by atoms with Crippen LogP contribution in [-0.4, -0.2) is 19.6 Å². The first-order chi connectivity index (χ1) is 7.56.